The van der Waals surface area contributed by atoms with E-state index < -0.39 is 0 Å². The molecule has 1 amide bonds. The summed E-state index contributed by atoms with van der Waals surface area (Å²) in [5.74, 6) is -0.121. The van der Waals surface area contributed by atoms with Crippen LogP contribution in [0, 0.1) is 0 Å². The van der Waals surface area contributed by atoms with Crippen LogP contribution in [0.5, 0.6) is 0 Å². The van der Waals surface area contributed by atoms with Crippen molar-refractivity contribution in [3.8, 4) is 0 Å². The van der Waals surface area contributed by atoms with Gasteiger partial charge < -0.3 is 10.1 Å². The number of nitrogens with one attached hydrogen (secondary N) is 1. The molecule has 0 spiro atoms. The molecule has 0 fully saturated rings. The highest BCUT2D eigenvalue weighted by molar-refractivity contribution is 5.77. The number of carbonyl (C=O) groups is 1. The molecule has 10 heavy (non-hydrogen) atoms. The van der Waals surface area contributed by atoms with Crippen LogP contribution in [0.15, 0.2) is 4.99 Å². The minimum Gasteiger partial charge on any atom is -0.366 e. The summed E-state index contributed by atoms with van der Waals surface area (Å²) in [6.07, 6.45) is 1.60. The van der Waals surface area contributed by atoms with Crippen molar-refractivity contribution in [3.63, 3.8) is 0 Å². The Labute approximate surface area is 60.3 Å². The minimum atomic E-state index is -0.121. The highest BCUT2D eigenvalue weighted by Gasteiger charge is 1.93. The van der Waals surface area contributed by atoms with Crippen LogP contribution in [0.25, 0.3) is 0 Å². The van der Waals surface area contributed by atoms with E-state index in [0.29, 0.717) is 6.61 Å². The van der Waals surface area contributed by atoms with E-state index in [-0.39, 0.29) is 12.5 Å². The number of rotatable bonds is 4. The highest BCUT2D eigenvalue weighted by Crippen LogP contribution is 1.70. The first-order valence-corrected chi connectivity index (χ1v) is 3.00. The molecule has 0 aromatic rings. The van der Waals surface area contributed by atoms with Crippen molar-refractivity contribution in [1.82, 2.24) is 5.32 Å². The van der Waals surface area contributed by atoms with Crippen LogP contribution in [-0.4, -0.2) is 39.4 Å². The summed E-state index contributed by atoms with van der Waals surface area (Å²) < 4.78 is 4.87. The van der Waals surface area contributed by atoms with E-state index in [0.717, 1.165) is 0 Å². The molecule has 0 aromatic heterocycles. The van der Waals surface area contributed by atoms with Crippen LogP contribution in [-0.2, 0) is 9.53 Å². The zero-order chi connectivity index (χ0) is 7.82. The lowest BCUT2D eigenvalue weighted by Gasteiger charge is -1.97. The number of carbonyl (C=O) groups excluding carboxylic acids is 1. The molecule has 4 nitrogen and oxygen atoms in total. The SMILES string of the molecule is C/N=C\COCC(=O)NC. The Morgan fingerprint density at radius 1 is 1.80 bits per heavy atom. The summed E-state index contributed by atoms with van der Waals surface area (Å²) in [6, 6.07) is 0. The van der Waals surface area contributed by atoms with Gasteiger partial charge in [-0.3, -0.25) is 9.79 Å². The van der Waals surface area contributed by atoms with E-state index in [2.05, 4.69) is 10.3 Å². The molecule has 0 saturated heterocycles. The van der Waals surface area contributed by atoms with E-state index in [9.17, 15) is 4.79 Å². The van der Waals surface area contributed by atoms with E-state index in [1.807, 2.05) is 0 Å². The molecule has 0 aliphatic rings. The third-order valence-corrected chi connectivity index (χ3v) is 0.887. The maximum atomic E-state index is 10.5. The molecule has 0 heterocycles. The van der Waals surface area contributed by atoms with Crippen molar-refractivity contribution in [1.29, 1.82) is 0 Å². The molecular formula is C6H12N2O2. The van der Waals surface area contributed by atoms with Crippen LogP contribution >= 0.6 is 0 Å². The largest absolute Gasteiger partial charge is 0.366 e. The third-order valence-electron chi connectivity index (χ3n) is 0.887. The van der Waals surface area contributed by atoms with Gasteiger partial charge in [0.05, 0.1) is 6.61 Å². The number of hydrogen-bond acceptors (Lipinski definition) is 3. The van der Waals surface area contributed by atoms with Crippen molar-refractivity contribution in [2.75, 3.05) is 27.3 Å². The molecule has 0 unspecified atom stereocenters. The van der Waals surface area contributed by atoms with Crippen molar-refractivity contribution >= 4 is 12.1 Å². The van der Waals surface area contributed by atoms with Gasteiger partial charge in [-0.2, -0.15) is 0 Å². The van der Waals surface area contributed by atoms with Crippen molar-refractivity contribution in [2.24, 2.45) is 4.99 Å². The van der Waals surface area contributed by atoms with Crippen LogP contribution in [0.2, 0.25) is 0 Å². The Kier molecular flexibility index (Phi) is 5.66. The van der Waals surface area contributed by atoms with Gasteiger partial charge in [-0.25, -0.2) is 0 Å². The first-order valence-electron chi connectivity index (χ1n) is 3.00. The van der Waals surface area contributed by atoms with Crippen molar-refractivity contribution < 1.29 is 9.53 Å². The van der Waals surface area contributed by atoms with Gasteiger partial charge in [-0.1, -0.05) is 0 Å². The van der Waals surface area contributed by atoms with E-state index in [4.69, 9.17) is 4.74 Å². The number of aliphatic imine (C=N–C) groups is 1. The zero-order valence-corrected chi connectivity index (χ0v) is 6.26. The third kappa shape index (κ3) is 5.24. The number of nitrogens with zero attached hydrogens (tertiary/aromatic N) is 1. The molecule has 0 bridgehead atoms. The van der Waals surface area contributed by atoms with Gasteiger partial charge in [-0.05, 0) is 0 Å². The molecule has 0 aliphatic carbocycles. The Bertz CT molecular complexity index is 123. The highest BCUT2D eigenvalue weighted by atomic mass is 16.5. The van der Waals surface area contributed by atoms with Crippen LogP contribution in [0.4, 0.5) is 0 Å². The number of amides is 1. The van der Waals surface area contributed by atoms with Crippen LogP contribution in [0.3, 0.4) is 0 Å². The van der Waals surface area contributed by atoms with E-state index >= 15 is 0 Å². The first kappa shape index (κ1) is 9.10. The number of ether oxygens (including phenoxy) is 1. The van der Waals surface area contributed by atoms with Crippen LogP contribution in [0.1, 0.15) is 0 Å². The van der Waals surface area contributed by atoms with E-state index in [1.165, 1.54) is 0 Å². The van der Waals surface area contributed by atoms with Gasteiger partial charge in [0, 0.05) is 20.3 Å². The van der Waals surface area contributed by atoms with Crippen molar-refractivity contribution in [3.05, 3.63) is 0 Å². The topological polar surface area (TPSA) is 50.7 Å². The number of likely N-dealkylation sites (N-methyl/N-ethyl adjacent to an activating group) is 1. The first-order chi connectivity index (χ1) is 4.81. The molecular weight excluding hydrogens is 132 g/mol. The summed E-state index contributed by atoms with van der Waals surface area (Å²) >= 11 is 0. The fourth-order valence-electron chi connectivity index (χ4n) is 0.351. The Morgan fingerprint density at radius 2 is 2.50 bits per heavy atom. The molecule has 0 radical (unpaired) electrons. The summed E-state index contributed by atoms with van der Waals surface area (Å²) in [5, 5.41) is 2.43. The fraction of sp³-hybridized carbons (Fsp3) is 0.667. The monoisotopic (exact) mass is 144 g/mol. The molecule has 1 N–H and O–H groups in total. The lowest BCUT2D eigenvalue weighted by molar-refractivity contribution is -0.124. The molecule has 0 atom stereocenters. The Morgan fingerprint density at radius 3 is 3.00 bits per heavy atom. The fourth-order valence-corrected chi connectivity index (χ4v) is 0.351. The smallest absolute Gasteiger partial charge is 0.245 e. The van der Waals surface area contributed by atoms with Crippen LogP contribution < -0.4 is 5.32 Å². The normalized spacial score (nSPS) is 10.2. The lowest BCUT2D eigenvalue weighted by atomic mass is 10.6. The van der Waals surface area contributed by atoms with Gasteiger partial charge in [0.15, 0.2) is 0 Å². The maximum absolute atomic E-state index is 10.5. The minimum absolute atomic E-state index is 0.0997. The standard InChI is InChI=1S/C6H12N2O2/c1-7-3-4-10-5-6(9)8-2/h3H,4-5H2,1-2H3,(H,8,9)/b7-3-. The Balaban J connectivity index is 3.11. The van der Waals surface area contributed by atoms with Gasteiger partial charge in [0.1, 0.15) is 6.61 Å². The summed E-state index contributed by atoms with van der Waals surface area (Å²) in [4.78, 5) is 14.2. The molecule has 0 saturated carbocycles. The van der Waals surface area contributed by atoms with Crippen molar-refractivity contribution in [2.45, 2.75) is 0 Å². The molecule has 0 rings (SSSR count). The predicted molar refractivity (Wildman–Crippen MR) is 39.3 cm³/mol. The second-order valence-corrected chi connectivity index (χ2v) is 1.63. The quantitative estimate of drug-likeness (QED) is 0.425. The summed E-state index contributed by atoms with van der Waals surface area (Å²) in [5.41, 5.74) is 0. The second-order valence-electron chi connectivity index (χ2n) is 1.63. The average Bonchev–Trinajstić information content (AvgIpc) is 1.98. The average molecular weight is 144 g/mol. The zero-order valence-electron chi connectivity index (χ0n) is 6.26. The molecule has 4 heteroatoms. The Hall–Kier alpha value is -0.900. The lowest BCUT2D eigenvalue weighted by Crippen LogP contribution is -2.23. The summed E-state index contributed by atoms with van der Waals surface area (Å²) in [6.45, 7) is 0.492. The predicted octanol–water partition coefficient (Wildman–Crippen LogP) is -0.550. The second kappa shape index (κ2) is 6.22. The number of hydrogen-bond donors (Lipinski definition) is 1. The van der Waals surface area contributed by atoms with Gasteiger partial charge in [0.2, 0.25) is 5.91 Å². The van der Waals surface area contributed by atoms with E-state index in [1.54, 1.807) is 20.3 Å². The molecule has 0 aliphatic heterocycles. The molecule has 58 valence electrons. The molecule has 0 aromatic carbocycles. The maximum Gasteiger partial charge on any atom is 0.245 e. The summed E-state index contributed by atoms with van der Waals surface area (Å²) in [7, 11) is 3.23. The van der Waals surface area contributed by atoms with Gasteiger partial charge >= 0.3 is 0 Å². The van der Waals surface area contributed by atoms with Gasteiger partial charge in [-0.15, -0.1) is 0 Å². The van der Waals surface area contributed by atoms with Gasteiger partial charge in [0.25, 0.3) is 0 Å².